The van der Waals surface area contributed by atoms with Crippen molar-refractivity contribution in [1.82, 2.24) is 30.3 Å². The predicted octanol–water partition coefficient (Wildman–Crippen LogP) is 2.65. The highest BCUT2D eigenvalue weighted by Crippen LogP contribution is 2.19. The molecule has 8 nitrogen and oxygen atoms in total. The summed E-state index contributed by atoms with van der Waals surface area (Å²) in [4.78, 5) is 11.4. The molecular weight excluding hydrogens is 390 g/mol. The first kappa shape index (κ1) is 23.3. The molecule has 0 aromatic carbocycles. The predicted molar refractivity (Wildman–Crippen MR) is 124 cm³/mol. The summed E-state index contributed by atoms with van der Waals surface area (Å²) in [6.07, 6.45) is 3.28. The minimum absolute atomic E-state index is 0.280. The van der Waals surface area contributed by atoms with E-state index < -0.39 is 0 Å². The van der Waals surface area contributed by atoms with Gasteiger partial charge in [-0.05, 0) is 78.5 Å². The number of rotatable bonds is 7. The number of nitrogens with one attached hydrogen (secondary N) is 2. The maximum Gasteiger partial charge on any atom is 0.208 e. The van der Waals surface area contributed by atoms with Crippen LogP contribution in [-0.4, -0.2) is 58.3 Å². The number of hydrogen-bond acceptors (Lipinski definition) is 5. The van der Waals surface area contributed by atoms with Crippen molar-refractivity contribution in [3.05, 3.63) is 34.3 Å². The van der Waals surface area contributed by atoms with Gasteiger partial charge >= 0.3 is 0 Å². The van der Waals surface area contributed by atoms with Gasteiger partial charge in [0, 0.05) is 32.4 Å². The number of aryl methyl sites for hydroxylation is 4. The molecule has 1 fully saturated rings. The number of guanidine groups is 1. The molecule has 0 spiro atoms. The lowest BCUT2D eigenvalue weighted by Gasteiger charge is -2.31. The third kappa shape index (κ3) is 6.09. The summed E-state index contributed by atoms with van der Waals surface area (Å²) >= 11 is 0. The second-order valence-electron chi connectivity index (χ2n) is 8.94. The lowest BCUT2D eigenvalue weighted by Crippen LogP contribution is -2.46. The Morgan fingerprint density at radius 1 is 1.19 bits per heavy atom. The van der Waals surface area contributed by atoms with Crippen LogP contribution in [0.1, 0.15) is 54.1 Å². The molecule has 1 unspecified atom stereocenters. The van der Waals surface area contributed by atoms with Crippen LogP contribution in [0.3, 0.4) is 0 Å². The van der Waals surface area contributed by atoms with Crippen LogP contribution in [0.2, 0.25) is 0 Å². The molecule has 172 valence electrons. The molecule has 0 aliphatic carbocycles. The van der Waals surface area contributed by atoms with Crippen molar-refractivity contribution in [3.63, 3.8) is 0 Å². The summed E-state index contributed by atoms with van der Waals surface area (Å²) in [6.45, 7) is 14.3. The first-order valence-corrected chi connectivity index (χ1v) is 11.4. The third-order valence-corrected chi connectivity index (χ3v) is 6.47. The van der Waals surface area contributed by atoms with Crippen molar-refractivity contribution in [2.45, 2.75) is 66.5 Å². The van der Waals surface area contributed by atoms with Crippen molar-refractivity contribution < 1.29 is 4.42 Å². The van der Waals surface area contributed by atoms with Gasteiger partial charge in [0.15, 0.2) is 5.96 Å². The van der Waals surface area contributed by atoms with E-state index in [1.165, 1.54) is 24.1 Å². The molecule has 1 saturated heterocycles. The Hall–Kier alpha value is -2.35. The molecule has 3 rings (SSSR count). The molecular formula is C23H39N7O. The highest BCUT2D eigenvalue weighted by molar-refractivity contribution is 5.79. The van der Waals surface area contributed by atoms with Crippen LogP contribution in [0.25, 0.3) is 0 Å². The topological polar surface area (TPSA) is 83.5 Å². The smallest absolute Gasteiger partial charge is 0.208 e. The number of hydrogen-bond donors (Lipinski definition) is 2. The largest absolute Gasteiger partial charge is 0.444 e. The van der Waals surface area contributed by atoms with Crippen LogP contribution < -0.4 is 10.6 Å². The summed E-state index contributed by atoms with van der Waals surface area (Å²) in [5.41, 5.74) is 4.66. The fraction of sp³-hybridized carbons (Fsp3) is 0.696. The number of nitrogens with zero attached hydrogens (tertiary/aromatic N) is 5. The van der Waals surface area contributed by atoms with Gasteiger partial charge in [-0.3, -0.25) is 14.6 Å². The van der Waals surface area contributed by atoms with E-state index in [1.807, 2.05) is 32.6 Å². The van der Waals surface area contributed by atoms with E-state index in [0.29, 0.717) is 5.92 Å². The zero-order chi connectivity index (χ0) is 22.5. The highest BCUT2D eigenvalue weighted by Gasteiger charge is 2.21. The van der Waals surface area contributed by atoms with Gasteiger partial charge in [0.25, 0.3) is 0 Å². The van der Waals surface area contributed by atoms with Gasteiger partial charge in [0.1, 0.15) is 5.76 Å². The van der Waals surface area contributed by atoms with Crippen molar-refractivity contribution in [1.29, 1.82) is 0 Å². The quantitative estimate of drug-likeness (QED) is 0.520. The summed E-state index contributed by atoms with van der Waals surface area (Å²) in [5.74, 6) is 3.29. The summed E-state index contributed by atoms with van der Waals surface area (Å²) in [7, 11) is 3.84. The normalized spacial score (nSPS) is 17.2. The first-order valence-electron chi connectivity index (χ1n) is 11.4. The molecule has 0 saturated carbocycles. The SMILES string of the molecule is CN=C(NCC1CCN(Cc2nc(C)c(C)o2)CC1)NC(C)Cc1c(C)nn(C)c1C. The zero-order valence-corrected chi connectivity index (χ0v) is 20.2. The number of oxazole rings is 1. The molecule has 0 amide bonds. The highest BCUT2D eigenvalue weighted by atomic mass is 16.4. The summed E-state index contributed by atoms with van der Waals surface area (Å²) < 4.78 is 7.70. The van der Waals surface area contributed by atoms with Gasteiger partial charge in [-0.25, -0.2) is 4.98 Å². The van der Waals surface area contributed by atoms with Crippen molar-refractivity contribution in [2.24, 2.45) is 18.0 Å². The molecule has 3 heterocycles. The summed E-state index contributed by atoms with van der Waals surface area (Å²) in [5, 5.41) is 11.6. The molecule has 1 aliphatic rings. The van der Waals surface area contributed by atoms with Crippen molar-refractivity contribution in [3.8, 4) is 0 Å². The van der Waals surface area contributed by atoms with Crippen molar-refractivity contribution >= 4 is 5.96 Å². The van der Waals surface area contributed by atoms with Crippen LogP contribution in [0.4, 0.5) is 0 Å². The fourth-order valence-corrected chi connectivity index (χ4v) is 4.29. The van der Waals surface area contributed by atoms with Gasteiger partial charge in [0.05, 0.1) is 17.9 Å². The van der Waals surface area contributed by atoms with E-state index in [0.717, 1.165) is 61.6 Å². The zero-order valence-electron chi connectivity index (χ0n) is 20.2. The lowest BCUT2D eigenvalue weighted by atomic mass is 9.97. The Bertz CT molecular complexity index is 871. The average Bonchev–Trinajstić information content (AvgIpc) is 3.17. The van der Waals surface area contributed by atoms with E-state index in [1.54, 1.807) is 0 Å². The van der Waals surface area contributed by atoms with Gasteiger partial charge in [-0.15, -0.1) is 0 Å². The maximum atomic E-state index is 5.74. The molecule has 31 heavy (non-hydrogen) atoms. The first-order chi connectivity index (χ1) is 14.8. The number of likely N-dealkylation sites (tertiary alicyclic amines) is 1. The van der Waals surface area contributed by atoms with Crippen LogP contribution in [0.15, 0.2) is 9.41 Å². The third-order valence-electron chi connectivity index (χ3n) is 6.47. The monoisotopic (exact) mass is 429 g/mol. The van der Waals surface area contributed by atoms with Gasteiger partial charge in [-0.1, -0.05) is 0 Å². The molecule has 2 aromatic heterocycles. The Balaban J connectivity index is 1.40. The Morgan fingerprint density at radius 2 is 1.90 bits per heavy atom. The Labute approximate surface area is 186 Å². The molecule has 1 aliphatic heterocycles. The second kappa shape index (κ2) is 10.3. The maximum absolute atomic E-state index is 5.74. The van der Waals surface area contributed by atoms with Gasteiger partial charge in [0.2, 0.25) is 5.89 Å². The molecule has 8 heteroatoms. The van der Waals surface area contributed by atoms with Gasteiger partial charge < -0.3 is 15.1 Å². The lowest BCUT2D eigenvalue weighted by molar-refractivity contribution is 0.164. The standard InChI is InChI=1S/C23H39N7O/c1-15(12-21-17(3)28-29(7)18(21)4)26-23(24-6)25-13-20-8-10-30(11-9-20)14-22-27-16(2)19(5)31-22/h15,20H,8-14H2,1-7H3,(H2,24,25,26). The van der Waals surface area contributed by atoms with E-state index in [2.05, 4.69) is 51.4 Å². The van der Waals surface area contributed by atoms with Gasteiger partial charge in [-0.2, -0.15) is 5.10 Å². The van der Waals surface area contributed by atoms with Crippen LogP contribution in [0, 0.1) is 33.6 Å². The minimum atomic E-state index is 0.280. The number of piperidine rings is 1. The molecule has 0 bridgehead atoms. The van der Waals surface area contributed by atoms with E-state index in [-0.39, 0.29) is 6.04 Å². The molecule has 0 radical (unpaired) electrons. The van der Waals surface area contributed by atoms with Crippen LogP contribution in [-0.2, 0) is 20.0 Å². The van der Waals surface area contributed by atoms with Crippen LogP contribution >= 0.6 is 0 Å². The minimum Gasteiger partial charge on any atom is -0.444 e. The van der Waals surface area contributed by atoms with E-state index >= 15 is 0 Å². The number of aliphatic imine (C=N–C) groups is 1. The van der Waals surface area contributed by atoms with E-state index in [4.69, 9.17) is 4.42 Å². The summed E-state index contributed by atoms with van der Waals surface area (Å²) in [6, 6.07) is 0.280. The Morgan fingerprint density at radius 3 is 2.45 bits per heavy atom. The van der Waals surface area contributed by atoms with Crippen LogP contribution in [0.5, 0.6) is 0 Å². The Kier molecular flexibility index (Phi) is 7.75. The number of aromatic nitrogens is 3. The molecule has 1 atom stereocenters. The van der Waals surface area contributed by atoms with E-state index in [9.17, 15) is 0 Å². The second-order valence-corrected chi connectivity index (χ2v) is 8.94. The average molecular weight is 430 g/mol. The fourth-order valence-electron chi connectivity index (χ4n) is 4.29. The molecule has 2 aromatic rings. The molecule has 2 N–H and O–H groups in total. The van der Waals surface area contributed by atoms with Crippen molar-refractivity contribution in [2.75, 3.05) is 26.7 Å².